The van der Waals surface area contributed by atoms with Crippen LogP contribution < -0.4 is 9.64 Å². The number of carbonyl (C=O) groups is 2. The van der Waals surface area contributed by atoms with Crippen molar-refractivity contribution in [1.82, 2.24) is 24.7 Å². The lowest BCUT2D eigenvalue weighted by molar-refractivity contribution is 0.0940. The van der Waals surface area contributed by atoms with Crippen molar-refractivity contribution in [3.05, 3.63) is 47.2 Å². The number of ether oxygens (including phenoxy) is 2. The van der Waals surface area contributed by atoms with Crippen molar-refractivity contribution in [2.75, 3.05) is 58.3 Å². The zero-order chi connectivity index (χ0) is 25.7. The molecule has 0 aliphatic carbocycles. The highest BCUT2D eigenvalue weighted by atomic mass is 16.6. The van der Waals surface area contributed by atoms with Crippen molar-refractivity contribution in [2.45, 2.75) is 32.6 Å². The van der Waals surface area contributed by atoms with Gasteiger partial charge in [0.05, 0.1) is 12.2 Å². The highest BCUT2D eigenvalue weighted by Gasteiger charge is 2.30. The molecule has 1 atom stereocenters. The quantitative estimate of drug-likeness (QED) is 0.615. The van der Waals surface area contributed by atoms with Gasteiger partial charge in [-0.1, -0.05) is 30.3 Å². The summed E-state index contributed by atoms with van der Waals surface area (Å²) < 4.78 is 11.5. The highest BCUT2D eigenvalue weighted by Crippen LogP contribution is 2.29. The number of rotatable bonds is 7. The molecule has 0 radical (unpaired) electrons. The first-order valence-electron chi connectivity index (χ1n) is 12.2. The standard InChI is InChI=1S/C25H34N6O5/c1-18(15-28(2)3)36-23-26-21-16-31(24(32)33)10-9-20(21)22(27-23)29-11-13-30(14-12-29)25(34)35-17-19-7-5-4-6-8-19/h4-8,18H,9-17H2,1-3H3,(H,32,33). The van der Waals surface area contributed by atoms with Gasteiger partial charge in [-0.3, -0.25) is 0 Å². The molecule has 2 aromatic rings. The van der Waals surface area contributed by atoms with E-state index in [0.717, 1.165) is 16.9 Å². The van der Waals surface area contributed by atoms with Crippen molar-refractivity contribution < 1.29 is 24.2 Å². The molecule has 3 heterocycles. The summed E-state index contributed by atoms with van der Waals surface area (Å²) in [4.78, 5) is 40.7. The molecule has 1 aromatic carbocycles. The third kappa shape index (κ3) is 6.34. The number of amides is 2. The second-order valence-electron chi connectivity index (χ2n) is 9.41. The summed E-state index contributed by atoms with van der Waals surface area (Å²) in [5.74, 6) is 0.759. The maximum Gasteiger partial charge on any atom is 0.410 e. The van der Waals surface area contributed by atoms with Gasteiger partial charge in [0.15, 0.2) is 0 Å². The largest absolute Gasteiger partial charge is 0.465 e. The fourth-order valence-electron chi connectivity index (χ4n) is 4.51. The van der Waals surface area contributed by atoms with Crippen LogP contribution in [0.2, 0.25) is 0 Å². The maximum atomic E-state index is 12.6. The molecule has 1 saturated heterocycles. The van der Waals surface area contributed by atoms with Crippen molar-refractivity contribution in [3.8, 4) is 6.01 Å². The lowest BCUT2D eigenvalue weighted by Gasteiger charge is -2.37. The number of carboxylic acid groups (broad SMARTS) is 1. The van der Waals surface area contributed by atoms with E-state index in [4.69, 9.17) is 14.5 Å². The minimum absolute atomic E-state index is 0.138. The molecule has 36 heavy (non-hydrogen) atoms. The van der Waals surface area contributed by atoms with Gasteiger partial charge >= 0.3 is 18.2 Å². The van der Waals surface area contributed by atoms with Gasteiger partial charge in [0.2, 0.25) is 0 Å². The number of aromatic nitrogens is 2. The topological polar surface area (TPSA) is 112 Å². The van der Waals surface area contributed by atoms with Crippen LogP contribution in [-0.2, 0) is 24.3 Å². The average molecular weight is 499 g/mol. The van der Waals surface area contributed by atoms with Gasteiger partial charge in [0, 0.05) is 44.8 Å². The molecule has 1 unspecified atom stereocenters. The number of hydrogen-bond donors (Lipinski definition) is 1. The minimum atomic E-state index is -0.966. The summed E-state index contributed by atoms with van der Waals surface area (Å²) in [6.07, 6.45) is -0.904. The van der Waals surface area contributed by atoms with E-state index in [1.54, 1.807) is 4.90 Å². The molecular formula is C25H34N6O5. The van der Waals surface area contributed by atoms with Crippen LogP contribution in [0.5, 0.6) is 6.01 Å². The van der Waals surface area contributed by atoms with Crippen LogP contribution in [0.25, 0.3) is 0 Å². The second-order valence-corrected chi connectivity index (χ2v) is 9.41. The first-order valence-corrected chi connectivity index (χ1v) is 12.2. The summed E-state index contributed by atoms with van der Waals surface area (Å²) in [6.45, 7) is 5.64. The Kier molecular flexibility index (Phi) is 8.09. The summed E-state index contributed by atoms with van der Waals surface area (Å²) in [7, 11) is 3.93. The molecular weight excluding hydrogens is 464 g/mol. The number of nitrogens with zero attached hydrogens (tertiary/aromatic N) is 6. The smallest absolute Gasteiger partial charge is 0.410 e. The molecule has 2 aliphatic rings. The Morgan fingerprint density at radius 1 is 1.06 bits per heavy atom. The van der Waals surface area contributed by atoms with E-state index < -0.39 is 6.09 Å². The zero-order valence-electron chi connectivity index (χ0n) is 21.1. The number of carbonyl (C=O) groups excluding carboxylic acids is 1. The predicted octanol–water partition coefficient (Wildman–Crippen LogP) is 2.30. The van der Waals surface area contributed by atoms with Gasteiger partial charge < -0.3 is 34.2 Å². The molecule has 194 valence electrons. The van der Waals surface area contributed by atoms with Crippen LogP contribution in [0.3, 0.4) is 0 Å². The molecule has 0 bridgehead atoms. The summed E-state index contributed by atoms with van der Waals surface area (Å²) in [6, 6.07) is 9.85. The Hall–Kier alpha value is -3.60. The van der Waals surface area contributed by atoms with Gasteiger partial charge in [-0.05, 0) is 33.0 Å². The van der Waals surface area contributed by atoms with Crippen LogP contribution in [0.4, 0.5) is 15.4 Å². The van der Waals surface area contributed by atoms with E-state index >= 15 is 0 Å². The number of anilines is 1. The normalized spacial score (nSPS) is 16.5. The molecule has 1 aromatic heterocycles. The molecule has 2 aliphatic heterocycles. The lowest BCUT2D eigenvalue weighted by atomic mass is 10.0. The van der Waals surface area contributed by atoms with Gasteiger partial charge in [-0.15, -0.1) is 0 Å². The average Bonchev–Trinajstić information content (AvgIpc) is 2.86. The number of likely N-dealkylation sites (N-methyl/N-ethyl adjacent to an activating group) is 1. The number of hydrogen-bond acceptors (Lipinski definition) is 8. The van der Waals surface area contributed by atoms with Crippen molar-refractivity contribution in [3.63, 3.8) is 0 Å². The summed E-state index contributed by atoms with van der Waals surface area (Å²) in [5.41, 5.74) is 2.56. The first kappa shape index (κ1) is 25.5. The van der Waals surface area contributed by atoms with E-state index in [0.29, 0.717) is 51.4 Å². The Morgan fingerprint density at radius 3 is 2.44 bits per heavy atom. The van der Waals surface area contributed by atoms with Gasteiger partial charge in [-0.2, -0.15) is 9.97 Å². The van der Waals surface area contributed by atoms with Crippen LogP contribution in [-0.4, -0.2) is 101 Å². The number of piperazine rings is 1. The molecule has 0 spiro atoms. The Morgan fingerprint density at radius 2 is 1.78 bits per heavy atom. The Balaban J connectivity index is 1.45. The number of benzene rings is 1. The monoisotopic (exact) mass is 498 g/mol. The van der Waals surface area contributed by atoms with Crippen LogP contribution in [0.15, 0.2) is 30.3 Å². The van der Waals surface area contributed by atoms with Crippen LogP contribution >= 0.6 is 0 Å². The van der Waals surface area contributed by atoms with Crippen LogP contribution in [0.1, 0.15) is 23.7 Å². The van der Waals surface area contributed by atoms with Crippen molar-refractivity contribution in [2.24, 2.45) is 0 Å². The van der Waals surface area contributed by atoms with Crippen LogP contribution in [0, 0.1) is 0 Å². The van der Waals surface area contributed by atoms with E-state index in [2.05, 4.69) is 9.88 Å². The molecule has 11 nitrogen and oxygen atoms in total. The fourth-order valence-corrected chi connectivity index (χ4v) is 4.51. The Labute approximate surface area is 211 Å². The first-order chi connectivity index (χ1) is 17.3. The molecule has 2 amide bonds. The minimum Gasteiger partial charge on any atom is -0.465 e. The third-order valence-corrected chi connectivity index (χ3v) is 6.26. The van der Waals surface area contributed by atoms with Crippen molar-refractivity contribution >= 4 is 18.0 Å². The van der Waals surface area contributed by atoms with Crippen molar-refractivity contribution in [1.29, 1.82) is 0 Å². The fraction of sp³-hybridized carbons (Fsp3) is 0.520. The Bertz CT molecular complexity index is 1060. The summed E-state index contributed by atoms with van der Waals surface area (Å²) >= 11 is 0. The number of fused-ring (bicyclic) bond motifs is 1. The second kappa shape index (κ2) is 11.4. The van der Waals surface area contributed by atoms with E-state index in [1.807, 2.05) is 56.3 Å². The molecule has 1 fully saturated rings. The SMILES string of the molecule is CC(CN(C)C)Oc1nc2c(c(N3CCN(C(=O)OCc4ccccc4)CC3)n1)CCN(C(=O)O)C2. The van der Waals surface area contributed by atoms with E-state index in [9.17, 15) is 14.7 Å². The third-order valence-electron chi connectivity index (χ3n) is 6.26. The summed E-state index contributed by atoms with van der Waals surface area (Å²) in [5, 5.41) is 9.48. The molecule has 4 rings (SSSR count). The predicted molar refractivity (Wildman–Crippen MR) is 133 cm³/mol. The van der Waals surface area contributed by atoms with E-state index in [-0.39, 0.29) is 31.4 Å². The zero-order valence-corrected chi connectivity index (χ0v) is 21.1. The van der Waals surface area contributed by atoms with Gasteiger partial charge in [-0.25, -0.2) is 9.59 Å². The highest BCUT2D eigenvalue weighted by molar-refractivity contribution is 5.68. The molecule has 1 N–H and O–H groups in total. The van der Waals surface area contributed by atoms with Gasteiger partial charge in [0.1, 0.15) is 18.5 Å². The molecule has 11 heteroatoms. The molecule has 0 saturated carbocycles. The maximum absolute atomic E-state index is 12.6. The van der Waals surface area contributed by atoms with E-state index in [1.165, 1.54) is 4.90 Å². The lowest BCUT2D eigenvalue weighted by Crippen LogP contribution is -2.49. The van der Waals surface area contributed by atoms with Gasteiger partial charge in [0.25, 0.3) is 0 Å².